The third kappa shape index (κ3) is 3.03. The van der Waals surface area contributed by atoms with Gasteiger partial charge in [-0.05, 0) is 18.6 Å². The van der Waals surface area contributed by atoms with E-state index in [1.807, 2.05) is 0 Å². The maximum atomic E-state index is 2.38. The summed E-state index contributed by atoms with van der Waals surface area (Å²) >= 11 is 2.07. The van der Waals surface area contributed by atoms with Gasteiger partial charge in [0.2, 0.25) is 0 Å². The predicted molar refractivity (Wildman–Crippen MR) is 60.4 cm³/mol. The van der Waals surface area contributed by atoms with Crippen LogP contribution in [-0.2, 0) is 0 Å². The van der Waals surface area contributed by atoms with Gasteiger partial charge in [-0.15, -0.1) is 0 Å². The fraction of sp³-hybridized carbons (Fsp3) is 0.400. The molecule has 0 N–H and O–H groups in total. The second kappa shape index (κ2) is 3.67. The van der Waals surface area contributed by atoms with Crippen molar-refractivity contribution in [2.45, 2.75) is 31.5 Å². The van der Waals surface area contributed by atoms with E-state index in [0.29, 0.717) is 0 Å². The first-order chi connectivity index (χ1) is 5.49. The molecule has 1 aromatic rings. The van der Waals surface area contributed by atoms with Gasteiger partial charge < -0.3 is 0 Å². The first kappa shape index (κ1) is 9.87. The SMILES string of the molecule is Cc1ccccc1S[Si](C)(C)C. The van der Waals surface area contributed by atoms with Crippen molar-refractivity contribution in [3.05, 3.63) is 29.8 Å². The van der Waals surface area contributed by atoms with Gasteiger partial charge in [0, 0.05) is 4.90 Å². The summed E-state index contributed by atoms with van der Waals surface area (Å²) in [5.74, 6) is 0. The van der Waals surface area contributed by atoms with Gasteiger partial charge in [0.1, 0.15) is 7.22 Å². The summed E-state index contributed by atoms with van der Waals surface area (Å²) < 4.78 is 0. The van der Waals surface area contributed by atoms with Gasteiger partial charge in [0.25, 0.3) is 0 Å². The zero-order valence-electron chi connectivity index (χ0n) is 8.22. The Balaban J connectivity index is 2.83. The molecule has 1 rings (SSSR count). The molecule has 0 aromatic heterocycles. The van der Waals surface area contributed by atoms with E-state index < -0.39 is 7.22 Å². The van der Waals surface area contributed by atoms with Crippen LogP contribution in [0.25, 0.3) is 0 Å². The molecule has 0 radical (unpaired) electrons. The van der Waals surface area contributed by atoms with Crippen LogP contribution in [0.15, 0.2) is 29.2 Å². The topological polar surface area (TPSA) is 0 Å². The van der Waals surface area contributed by atoms with Crippen LogP contribution in [0.1, 0.15) is 5.56 Å². The smallest absolute Gasteiger partial charge is 0.114 e. The molecule has 0 atom stereocenters. The summed E-state index contributed by atoms with van der Waals surface area (Å²) in [7, 11) is -1.01. The lowest BCUT2D eigenvalue weighted by Crippen LogP contribution is -2.13. The summed E-state index contributed by atoms with van der Waals surface area (Å²) in [5, 5.41) is 0. The van der Waals surface area contributed by atoms with Gasteiger partial charge in [-0.25, -0.2) is 0 Å². The van der Waals surface area contributed by atoms with Crippen molar-refractivity contribution < 1.29 is 0 Å². The van der Waals surface area contributed by atoms with E-state index in [9.17, 15) is 0 Å². The van der Waals surface area contributed by atoms with Crippen LogP contribution < -0.4 is 0 Å². The van der Waals surface area contributed by atoms with E-state index in [-0.39, 0.29) is 0 Å². The molecule has 0 aliphatic carbocycles. The summed E-state index contributed by atoms with van der Waals surface area (Å²) in [6.45, 7) is 9.32. The highest BCUT2D eigenvalue weighted by molar-refractivity contribution is 8.28. The summed E-state index contributed by atoms with van der Waals surface area (Å²) in [5.41, 5.74) is 1.41. The van der Waals surface area contributed by atoms with Gasteiger partial charge in [0.15, 0.2) is 0 Å². The van der Waals surface area contributed by atoms with Gasteiger partial charge in [-0.3, -0.25) is 0 Å². The standard InChI is InChI=1S/C10H16SSi/c1-9-7-5-6-8-10(9)11-12(2,3)4/h5-8H,1-4H3. The van der Waals surface area contributed by atoms with Gasteiger partial charge >= 0.3 is 0 Å². The molecule has 0 fully saturated rings. The van der Waals surface area contributed by atoms with Crippen LogP contribution >= 0.6 is 11.2 Å². The van der Waals surface area contributed by atoms with Crippen LogP contribution in [0.4, 0.5) is 0 Å². The molecule has 0 bridgehead atoms. The average molecular weight is 196 g/mol. The quantitative estimate of drug-likeness (QED) is 0.646. The minimum atomic E-state index is -1.01. The third-order valence-electron chi connectivity index (χ3n) is 1.51. The molecule has 0 nitrogen and oxygen atoms in total. The summed E-state index contributed by atoms with van der Waals surface area (Å²) in [6, 6.07) is 8.62. The Labute approximate surface area is 80.0 Å². The lowest BCUT2D eigenvalue weighted by molar-refractivity contribution is 1.31. The molecule has 0 saturated carbocycles. The highest BCUT2D eigenvalue weighted by Crippen LogP contribution is 2.30. The molecular formula is C10H16SSi. The summed E-state index contributed by atoms with van der Waals surface area (Å²) in [4.78, 5) is 1.46. The average Bonchev–Trinajstić information content (AvgIpc) is 1.91. The van der Waals surface area contributed by atoms with E-state index in [0.717, 1.165) is 0 Å². The molecule has 0 spiro atoms. The molecule has 0 amide bonds. The molecule has 0 heterocycles. The Morgan fingerprint density at radius 2 is 1.67 bits per heavy atom. The Morgan fingerprint density at radius 3 is 2.17 bits per heavy atom. The Kier molecular flexibility index (Phi) is 3.02. The van der Waals surface area contributed by atoms with E-state index in [2.05, 4.69) is 62.0 Å². The maximum Gasteiger partial charge on any atom is 0.114 e. The van der Waals surface area contributed by atoms with Crippen LogP contribution in [-0.4, -0.2) is 7.22 Å². The van der Waals surface area contributed by atoms with E-state index >= 15 is 0 Å². The molecule has 12 heavy (non-hydrogen) atoms. The molecule has 2 heteroatoms. The lowest BCUT2D eigenvalue weighted by atomic mass is 10.2. The fourth-order valence-electron chi connectivity index (χ4n) is 1.00. The van der Waals surface area contributed by atoms with Crippen molar-refractivity contribution in [1.82, 2.24) is 0 Å². The maximum absolute atomic E-state index is 2.38. The molecule has 0 unspecified atom stereocenters. The van der Waals surface area contributed by atoms with E-state index in [1.165, 1.54) is 10.5 Å². The third-order valence-corrected chi connectivity index (χ3v) is 5.30. The normalized spacial score (nSPS) is 11.7. The predicted octanol–water partition coefficient (Wildman–Crippen LogP) is 3.92. The van der Waals surface area contributed by atoms with E-state index in [1.54, 1.807) is 0 Å². The zero-order valence-corrected chi connectivity index (χ0v) is 10.0. The number of benzene rings is 1. The largest absolute Gasteiger partial charge is 0.152 e. The molecule has 0 aliphatic heterocycles. The first-order valence-corrected chi connectivity index (χ1v) is 9.28. The van der Waals surface area contributed by atoms with Crippen LogP contribution in [0.5, 0.6) is 0 Å². The Hall–Kier alpha value is -0.213. The molecule has 66 valence electrons. The lowest BCUT2D eigenvalue weighted by Gasteiger charge is -2.16. The molecule has 1 aromatic carbocycles. The van der Waals surface area contributed by atoms with Crippen LogP contribution in [0.2, 0.25) is 19.6 Å². The van der Waals surface area contributed by atoms with Gasteiger partial charge in [-0.1, -0.05) is 37.8 Å². The van der Waals surface area contributed by atoms with Crippen molar-refractivity contribution in [1.29, 1.82) is 0 Å². The van der Waals surface area contributed by atoms with Crippen LogP contribution in [0, 0.1) is 6.92 Å². The molecule has 0 saturated heterocycles. The second-order valence-electron chi connectivity index (χ2n) is 3.98. The molecule has 0 aliphatic rings. The Morgan fingerprint density at radius 1 is 1.08 bits per heavy atom. The number of rotatable bonds is 2. The highest BCUT2D eigenvalue weighted by Gasteiger charge is 2.15. The zero-order chi connectivity index (χ0) is 9.19. The van der Waals surface area contributed by atoms with Gasteiger partial charge in [-0.2, -0.15) is 11.2 Å². The minimum Gasteiger partial charge on any atom is -0.152 e. The number of hydrogen-bond acceptors (Lipinski definition) is 1. The van der Waals surface area contributed by atoms with Crippen molar-refractivity contribution in [3.8, 4) is 0 Å². The number of aryl methyl sites for hydroxylation is 1. The molecular weight excluding hydrogens is 180 g/mol. The Bertz CT molecular complexity index is 263. The first-order valence-electron chi connectivity index (χ1n) is 4.24. The fourth-order valence-corrected chi connectivity index (χ4v) is 4.70. The number of hydrogen-bond donors (Lipinski definition) is 0. The highest BCUT2D eigenvalue weighted by atomic mass is 32.4. The van der Waals surface area contributed by atoms with Crippen molar-refractivity contribution >= 4 is 18.4 Å². The van der Waals surface area contributed by atoms with E-state index in [4.69, 9.17) is 0 Å². The minimum absolute atomic E-state index is 1.01. The van der Waals surface area contributed by atoms with Crippen molar-refractivity contribution in [3.63, 3.8) is 0 Å². The van der Waals surface area contributed by atoms with Gasteiger partial charge in [0.05, 0.1) is 0 Å². The van der Waals surface area contributed by atoms with Crippen molar-refractivity contribution in [2.24, 2.45) is 0 Å². The monoisotopic (exact) mass is 196 g/mol. The van der Waals surface area contributed by atoms with Crippen molar-refractivity contribution in [2.75, 3.05) is 0 Å². The second-order valence-corrected chi connectivity index (χ2v) is 13.1. The summed E-state index contributed by atoms with van der Waals surface area (Å²) in [6.07, 6.45) is 0. The van der Waals surface area contributed by atoms with Crippen LogP contribution in [0.3, 0.4) is 0 Å².